The van der Waals surface area contributed by atoms with Crippen LogP contribution < -0.4 is 4.74 Å². The smallest absolute Gasteiger partial charge is 0.416 e. The molecule has 0 heterocycles. The van der Waals surface area contributed by atoms with Gasteiger partial charge in [0, 0.05) is 0 Å². The van der Waals surface area contributed by atoms with Gasteiger partial charge in [-0.05, 0) is 41.5 Å². The molecule has 134 valence electrons. The molecule has 0 fully saturated rings. The number of halogens is 3. The maximum atomic E-state index is 12.5. The predicted molar refractivity (Wildman–Crippen MR) is 87.8 cm³/mol. The Morgan fingerprint density at radius 2 is 1.73 bits per heavy atom. The Labute approximate surface area is 148 Å². The quantitative estimate of drug-likeness (QED) is 0.451. The number of methoxy groups -OCH3 is 1. The third-order valence-corrected chi connectivity index (χ3v) is 3.42. The highest BCUT2D eigenvalue weighted by Crippen LogP contribution is 2.29. The van der Waals surface area contributed by atoms with E-state index >= 15 is 0 Å². The molecular weight excluding hydrogens is 347 g/mol. The number of rotatable bonds is 5. The van der Waals surface area contributed by atoms with Crippen molar-refractivity contribution in [1.29, 1.82) is 5.26 Å². The highest BCUT2D eigenvalue weighted by atomic mass is 19.4. The van der Waals surface area contributed by atoms with Gasteiger partial charge in [-0.3, -0.25) is 0 Å². The topological polar surface area (TPSA) is 59.3 Å². The molecule has 2 aromatic rings. The molecule has 0 saturated heterocycles. The monoisotopic (exact) mass is 361 g/mol. The second kappa shape index (κ2) is 8.21. The first kappa shape index (κ1) is 19.1. The number of nitriles is 1. The molecule has 0 aliphatic carbocycles. The Kier molecular flexibility index (Phi) is 6.02. The normalized spacial score (nSPS) is 11.6. The van der Waals surface area contributed by atoms with Crippen molar-refractivity contribution in [3.8, 4) is 11.8 Å². The van der Waals surface area contributed by atoms with Crippen LogP contribution in [-0.2, 0) is 22.3 Å². The van der Waals surface area contributed by atoms with Gasteiger partial charge in [0.25, 0.3) is 0 Å². The first-order valence-corrected chi connectivity index (χ1v) is 7.42. The van der Waals surface area contributed by atoms with Crippen LogP contribution in [0, 0.1) is 11.3 Å². The summed E-state index contributed by atoms with van der Waals surface area (Å²) in [5, 5.41) is 9.11. The molecular formula is C19H14F3NO3. The molecule has 0 N–H and O–H groups in total. The van der Waals surface area contributed by atoms with Crippen LogP contribution in [0.2, 0.25) is 0 Å². The maximum Gasteiger partial charge on any atom is 0.416 e. The van der Waals surface area contributed by atoms with E-state index < -0.39 is 17.7 Å². The van der Waals surface area contributed by atoms with Crippen molar-refractivity contribution in [2.75, 3.05) is 7.11 Å². The number of hydrogen-bond donors (Lipinski definition) is 0. The zero-order valence-electron chi connectivity index (χ0n) is 13.7. The standard InChI is InChI=1S/C19H14F3NO3/c1-25-17-8-4-13(5-9-17)10-15(11-23)18(24)26-12-14-2-6-16(7-3-14)19(20,21)22/h2-10H,12H2,1H3/b15-10+. The summed E-state index contributed by atoms with van der Waals surface area (Å²) >= 11 is 0. The van der Waals surface area contributed by atoms with E-state index in [0.29, 0.717) is 16.9 Å². The third-order valence-electron chi connectivity index (χ3n) is 3.42. The summed E-state index contributed by atoms with van der Waals surface area (Å²) in [5.41, 5.74) is -0.0197. The van der Waals surface area contributed by atoms with E-state index in [1.165, 1.54) is 25.3 Å². The largest absolute Gasteiger partial charge is 0.497 e. The molecule has 0 bridgehead atoms. The summed E-state index contributed by atoms with van der Waals surface area (Å²) in [6.07, 6.45) is -3.07. The summed E-state index contributed by atoms with van der Waals surface area (Å²) in [5.74, 6) is -0.228. The fraction of sp³-hybridized carbons (Fsp3) is 0.158. The van der Waals surface area contributed by atoms with Gasteiger partial charge in [-0.15, -0.1) is 0 Å². The lowest BCUT2D eigenvalue weighted by molar-refractivity contribution is -0.140. The minimum atomic E-state index is -4.43. The third kappa shape index (κ3) is 5.11. The molecule has 0 spiro atoms. The van der Waals surface area contributed by atoms with Gasteiger partial charge in [0.05, 0.1) is 12.7 Å². The van der Waals surface area contributed by atoms with Gasteiger partial charge < -0.3 is 9.47 Å². The lowest BCUT2D eigenvalue weighted by atomic mass is 10.1. The number of alkyl halides is 3. The molecule has 2 rings (SSSR count). The summed E-state index contributed by atoms with van der Waals surface area (Å²) in [7, 11) is 1.52. The SMILES string of the molecule is COc1ccc(/C=C(\C#N)C(=O)OCc2ccc(C(F)(F)F)cc2)cc1. The van der Waals surface area contributed by atoms with Crippen molar-refractivity contribution in [1.82, 2.24) is 0 Å². The molecule has 0 unspecified atom stereocenters. The molecule has 0 amide bonds. The van der Waals surface area contributed by atoms with Crippen LogP contribution in [0.15, 0.2) is 54.1 Å². The van der Waals surface area contributed by atoms with Crippen LogP contribution in [0.3, 0.4) is 0 Å². The molecule has 0 aliphatic rings. The van der Waals surface area contributed by atoms with Crippen molar-refractivity contribution in [2.24, 2.45) is 0 Å². The van der Waals surface area contributed by atoms with E-state index in [1.54, 1.807) is 30.3 Å². The van der Waals surface area contributed by atoms with E-state index in [2.05, 4.69) is 0 Å². The highest BCUT2D eigenvalue weighted by molar-refractivity contribution is 5.97. The summed E-state index contributed by atoms with van der Waals surface area (Å²) in [6.45, 7) is -0.237. The fourth-order valence-electron chi connectivity index (χ4n) is 2.02. The van der Waals surface area contributed by atoms with Gasteiger partial charge in [0.15, 0.2) is 0 Å². The summed E-state index contributed by atoms with van der Waals surface area (Å²) in [4.78, 5) is 12.0. The number of nitrogens with zero attached hydrogens (tertiary/aromatic N) is 1. The number of carbonyl (C=O) groups is 1. The van der Waals surface area contributed by atoms with Gasteiger partial charge in [-0.2, -0.15) is 18.4 Å². The second-order valence-electron chi connectivity index (χ2n) is 5.21. The summed E-state index contributed by atoms with van der Waals surface area (Å²) < 4.78 is 47.5. The van der Waals surface area contributed by atoms with Gasteiger partial charge in [0.1, 0.15) is 24.0 Å². The van der Waals surface area contributed by atoms with E-state index in [0.717, 1.165) is 12.1 Å². The zero-order chi connectivity index (χ0) is 19.2. The summed E-state index contributed by atoms with van der Waals surface area (Å²) in [6, 6.07) is 12.7. The lowest BCUT2D eigenvalue weighted by Crippen LogP contribution is -2.08. The first-order chi connectivity index (χ1) is 12.3. The molecule has 7 heteroatoms. The minimum Gasteiger partial charge on any atom is -0.497 e. The van der Waals surface area contributed by atoms with Crippen molar-refractivity contribution in [3.63, 3.8) is 0 Å². The van der Waals surface area contributed by atoms with Crippen LogP contribution in [0.5, 0.6) is 5.75 Å². The lowest BCUT2D eigenvalue weighted by Gasteiger charge is -2.08. The maximum absolute atomic E-state index is 12.5. The van der Waals surface area contributed by atoms with Gasteiger partial charge >= 0.3 is 12.1 Å². The molecule has 4 nitrogen and oxygen atoms in total. The van der Waals surface area contributed by atoms with Crippen LogP contribution in [0.25, 0.3) is 6.08 Å². The Bertz CT molecular complexity index is 832. The fourth-order valence-corrected chi connectivity index (χ4v) is 2.02. The van der Waals surface area contributed by atoms with Crippen LogP contribution in [0.4, 0.5) is 13.2 Å². The number of ether oxygens (including phenoxy) is 2. The number of benzene rings is 2. The number of carbonyl (C=O) groups excluding carboxylic acids is 1. The van der Waals surface area contributed by atoms with E-state index in [4.69, 9.17) is 14.7 Å². The van der Waals surface area contributed by atoms with Gasteiger partial charge in [-0.1, -0.05) is 24.3 Å². The van der Waals surface area contributed by atoms with Crippen molar-refractivity contribution in [2.45, 2.75) is 12.8 Å². The van der Waals surface area contributed by atoms with Crippen LogP contribution >= 0.6 is 0 Å². The second-order valence-corrected chi connectivity index (χ2v) is 5.21. The van der Waals surface area contributed by atoms with Crippen LogP contribution in [0.1, 0.15) is 16.7 Å². The highest BCUT2D eigenvalue weighted by Gasteiger charge is 2.29. The number of hydrogen-bond acceptors (Lipinski definition) is 4. The number of esters is 1. The molecule has 0 atom stereocenters. The Hall–Kier alpha value is -3.27. The van der Waals surface area contributed by atoms with Crippen molar-refractivity contribution >= 4 is 12.0 Å². The van der Waals surface area contributed by atoms with Crippen LogP contribution in [-0.4, -0.2) is 13.1 Å². The van der Waals surface area contributed by atoms with Crippen molar-refractivity contribution < 1.29 is 27.4 Å². The van der Waals surface area contributed by atoms with Gasteiger partial charge in [-0.25, -0.2) is 4.79 Å². The average molecular weight is 361 g/mol. The first-order valence-electron chi connectivity index (χ1n) is 7.42. The molecule has 26 heavy (non-hydrogen) atoms. The molecule has 0 aromatic heterocycles. The van der Waals surface area contributed by atoms with Crippen molar-refractivity contribution in [3.05, 3.63) is 70.8 Å². The average Bonchev–Trinajstić information content (AvgIpc) is 2.64. The minimum absolute atomic E-state index is 0.220. The molecule has 0 saturated carbocycles. The zero-order valence-corrected chi connectivity index (χ0v) is 13.7. The molecule has 0 aliphatic heterocycles. The Morgan fingerprint density at radius 1 is 1.12 bits per heavy atom. The Morgan fingerprint density at radius 3 is 2.23 bits per heavy atom. The molecule has 0 radical (unpaired) electrons. The predicted octanol–water partition coefficient (Wildman–Crippen LogP) is 4.36. The van der Waals surface area contributed by atoms with E-state index in [1.807, 2.05) is 0 Å². The van der Waals surface area contributed by atoms with Gasteiger partial charge in [0.2, 0.25) is 0 Å². The molecule has 2 aromatic carbocycles. The van der Waals surface area contributed by atoms with E-state index in [-0.39, 0.29) is 12.2 Å². The Balaban J connectivity index is 2.02. The van der Waals surface area contributed by atoms with E-state index in [9.17, 15) is 18.0 Å².